The van der Waals surface area contributed by atoms with Crippen LogP contribution in [0.4, 0.5) is 0 Å². The minimum Gasteiger partial charge on any atom is -0.298 e. The fraction of sp³-hybridized carbons (Fsp3) is 0.533. The van der Waals surface area contributed by atoms with Crippen molar-refractivity contribution in [3.05, 3.63) is 29.3 Å². The van der Waals surface area contributed by atoms with Gasteiger partial charge in [-0.25, -0.2) is 8.42 Å². The summed E-state index contributed by atoms with van der Waals surface area (Å²) in [5, 5.41) is 6.38. The summed E-state index contributed by atoms with van der Waals surface area (Å²) < 4.78 is 25.9. The lowest BCUT2D eigenvalue weighted by Crippen LogP contribution is -2.26. The third-order valence-electron chi connectivity index (χ3n) is 4.21. The largest absolute Gasteiger partial charge is 0.298 e. The number of hydrogen-bond donors (Lipinski definition) is 0. The van der Waals surface area contributed by atoms with Crippen LogP contribution in [-0.4, -0.2) is 47.2 Å². The molecule has 0 unspecified atom stereocenters. The number of thiophene rings is 1. The lowest BCUT2D eigenvalue weighted by molar-refractivity contribution is 0.284. The van der Waals surface area contributed by atoms with Gasteiger partial charge in [0.25, 0.3) is 0 Å². The van der Waals surface area contributed by atoms with Crippen LogP contribution >= 0.6 is 11.3 Å². The monoisotopic (exact) mass is 339 g/mol. The molecule has 22 heavy (non-hydrogen) atoms. The molecular formula is C15H21N3O2S2. The van der Waals surface area contributed by atoms with Gasteiger partial charge in [0.1, 0.15) is 5.69 Å². The molecule has 7 heteroatoms. The molecular weight excluding hydrogens is 318 g/mol. The smallest absolute Gasteiger partial charge is 0.154 e. The predicted molar refractivity (Wildman–Crippen MR) is 89.7 cm³/mol. The van der Waals surface area contributed by atoms with Crippen molar-refractivity contribution in [1.82, 2.24) is 14.7 Å². The first-order chi connectivity index (χ1) is 10.5. The first-order valence-corrected chi connectivity index (χ1v) is 10.1. The fourth-order valence-corrected chi connectivity index (χ4v) is 4.91. The molecule has 3 heterocycles. The summed E-state index contributed by atoms with van der Waals surface area (Å²) in [6.45, 7) is 3.99. The Morgan fingerprint density at radius 3 is 2.95 bits per heavy atom. The highest BCUT2D eigenvalue weighted by atomic mass is 32.2. The molecule has 0 radical (unpaired) electrons. The molecule has 0 aromatic carbocycles. The topological polar surface area (TPSA) is 55.2 Å². The zero-order valence-corrected chi connectivity index (χ0v) is 14.5. The summed E-state index contributed by atoms with van der Waals surface area (Å²) >= 11 is 1.68. The predicted octanol–water partition coefficient (Wildman–Crippen LogP) is 2.16. The van der Waals surface area contributed by atoms with Crippen LogP contribution in [0.2, 0.25) is 0 Å². The molecule has 1 aliphatic heterocycles. The van der Waals surface area contributed by atoms with E-state index in [0.717, 1.165) is 29.2 Å². The summed E-state index contributed by atoms with van der Waals surface area (Å²) in [5.74, 6) is 0.253. The number of rotatable bonds is 3. The van der Waals surface area contributed by atoms with Gasteiger partial charge in [0.15, 0.2) is 9.84 Å². The van der Waals surface area contributed by atoms with Gasteiger partial charge in [-0.15, -0.1) is 11.3 Å². The van der Waals surface area contributed by atoms with Crippen molar-refractivity contribution in [3.63, 3.8) is 0 Å². The first-order valence-electron chi connectivity index (χ1n) is 7.46. The van der Waals surface area contributed by atoms with E-state index in [0.29, 0.717) is 13.0 Å². The molecule has 0 N–H and O–H groups in total. The van der Waals surface area contributed by atoms with Crippen molar-refractivity contribution < 1.29 is 8.42 Å². The molecule has 2 aromatic rings. The standard InChI is InChI=1S/C15H21N3O2S2/c1-12-5-6-18(7-9-22(12,19)20)11-13-10-17(2)16-15(13)14-4-3-8-21-14/h3-4,8,10,12H,5-7,9,11H2,1-2H3/t12-/m1/s1. The lowest BCUT2D eigenvalue weighted by atomic mass is 10.2. The van der Waals surface area contributed by atoms with Crippen LogP contribution in [0.25, 0.3) is 10.6 Å². The van der Waals surface area contributed by atoms with Gasteiger partial charge in [0.05, 0.1) is 15.9 Å². The third kappa shape index (κ3) is 3.26. The van der Waals surface area contributed by atoms with Gasteiger partial charge < -0.3 is 0 Å². The van der Waals surface area contributed by atoms with Gasteiger partial charge in [-0.05, 0) is 31.3 Å². The molecule has 1 atom stereocenters. The van der Waals surface area contributed by atoms with Crippen molar-refractivity contribution >= 4 is 21.2 Å². The Morgan fingerprint density at radius 2 is 2.23 bits per heavy atom. The zero-order valence-electron chi connectivity index (χ0n) is 12.9. The normalized spacial score (nSPS) is 22.5. The minimum atomic E-state index is -2.93. The highest BCUT2D eigenvalue weighted by Gasteiger charge is 2.27. The molecule has 1 saturated heterocycles. The lowest BCUT2D eigenvalue weighted by Gasteiger charge is -2.18. The second-order valence-electron chi connectivity index (χ2n) is 5.90. The van der Waals surface area contributed by atoms with Crippen molar-refractivity contribution in [3.8, 4) is 10.6 Å². The molecule has 3 rings (SSSR count). The average molecular weight is 339 g/mol. The summed E-state index contributed by atoms with van der Waals surface area (Å²) in [6, 6.07) is 4.10. The molecule has 1 aliphatic rings. The number of hydrogen-bond acceptors (Lipinski definition) is 5. The number of nitrogens with zero attached hydrogens (tertiary/aromatic N) is 3. The molecule has 1 fully saturated rings. The second kappa shape index (κ2) is 6.14. The summed E-state index contributed by atoms with van der Waals surface area (Å²) in [5.41, 5.74) is 2.18. The molecule has 5 nitrogen and oxygen atoms in total. The summed E-state index contributed by atoms with van der Waals surface area (Å²) in [4.78, 5) is 3.39. The minimum absolute atomic E-state index is 0.233. The average Bonchev–Trinajstić information content (AvgIpc) is 3.07. The van der Waals surface area contributed by atoms with Crippen LogP contribution in [0.3, 0.4) is 0 Å². The van der Waals surface area contributed by atoms with E-state index in [-0.39, 0.29) is 11.0 Å². The Kier molecular flexibility index (Phi) is 4.38. The van der Waals surface area contributed by atoms with Gasteiger partial charge in [0.2, 0.25) is 0 Å². The zero-order chi connectivity index (χ0) is 15.7. The van der Waals surface area contributed by atoms with Gasteiger partial charge in [-0.1, -0.05) is 6.07 Å². The van der Waals surface area contributed by atoms with E-state index in [1.165, 1.54) is 0 Å². The fourth-order valence-electron chi connectivity index (χ4n) is 2.79. The maximum Gasteiger partial charge on any atom is 0.154 e. The van der Waals surface area contributed by atoms with E-state index in [2.05, 4.69) is 16.1 Å². The van der Waals surface area contributed by atoms with Crippen molar-refractivity contribution in [2.24, 2.45) is 7.05 Å². The van der Waals surface area contributed by atoms with Crippen LogP contribution in [0.5, 0.6) is 0 Å². The van der Waals surface area contributed by atoms with Crippen molar-refractivity contribution in [2.45, 2.75) is 25.1 Å². The van der Waals surface area contributed by atoms with Crippen LogP contribution in [0.1, 0.15) is 18.9 Å². The Hall–Kier alpha value is -1.18. The first kappa shape index (κ1) is 15.7. The Bertz CT molecular complexity index is 735. The second-order valence-corrected chi connectivity index (χ2v) is 9.38. The number of sulfone groups is 1. The molecule has 0 bridgehead atoms. The maximum absolute atomic E-state index is 12.0. The molecule has 0 aliphatic carbocycles. The number of aryl methyl sites for hydroxylation is 1. The third-order valence-corrected chi connectivity index (χ3v) is 7.30. The summed E-state index contributed by atoms with van der Waals surface area (Å²) in [6.07, 6.45) is 2.74. The van der Waals surface area contributed by atoms with E-state index in [4.69, 9.17) is 0 Å². The van der Waals surface area contributed by atoms with Gasteiger partial charge >= 0.3 is 0 Å². The van der Waals surface area contributed by atoms with Gasteiger partial charge in [-0.2, -0.15) is 5.10 Å². The molecule has 120 valence electrons. The number of aromatic nitrogens is 2. The van der Waals surface area contributed by atoms with E-state index < -0.39 is 9.84 Å². The highest BCUT2D eigenvalue weighted by Crippen LogP contribution is 2.27. The SMILES string of the molecule is C[C@@H]1CCN(Cc2cn(C)nc2-c2cccs2)CCS1(=O)=O. The Morgan fingerprint density at radius 1 is 1.41 bits per heavy atom. The maximum atomic E-state index is 12.0. The van der Waals surface area contributed by atoms with Crippen LogP contribution < -0.4 is 0 Å². The summed E-state index contributed by atoms with van der Waals surface area (Å²) in [7, 11) is -1.01. The molecule has 0 amide bonds. The van der Waals surface area contributed by atoms with Crippen molar-refractivity contribution in [1.29, 1.82) is 0 Å². The van der Waals surface area contributed by atoms with E-state index in [9.17, 15) is 8.42 Å². The van der Waals surface area contributed by atoms with Gasteiger partial charge in [0, 0.05) is 31.9 Å². The van der Waals surface area contributed by atoms with E-state index >= 15 is 0 Å². The molecule has 2 aromatic heterocycles. The Labute approximate surface area is 135 Å². The van der Waals surface area contributed by atoms with E-state index in [1.807, 2.05) is 36.3 Å². The van der Waals surface area contributed by atoms with Crippen molar-refractivity contribution in [2.75, 3.05) is 18.8 Å². The Balaban J connectivity index is 1.79. The van der Waals surface area contributed by atoms with Crippen LogP contribution in [-0.2, 0) is 23.4 Å². The quantitative estimate of drug-likeness (QED) is 0.860. The van der Waals surface area contributed by atoms with Gasteiger partial charge in [-0.3, -0.25) is 9.58 Å². The van der Waals surface area contributed by atoms with Crippen LogP contribution in [0.15, 0.2) is 23.7 Å². The van der Waals surface area contributed by atoms with E-state index in [1.54, 1.807) is 11.3 Å². The van der Waals surface area contributed by atoms with Crippen LogP contribution in [0, 0.1) is 0 Å². The molecule has 0 spiro atoms. The molecule has 0 saturated carbocycles. The highest BCUT2D eigenvalue weighted by molar-refractivity contribution is 7.92.